The maximum absolute atomic E-state index is 12.9. The third-order valence-electron chi connectivity index (χ3n) is 4.65. The number of sulfonamides is 1. The molecule has 0 aromatic heterocycles. The summed E-state index contributed by atoms with van der Waals surface area (Å²) in [7, 11) is -3.70. The molecule has 1 amide bonds. The van der Waals surface area contributed by atoms with Crippen LogP contribution in [0.25, 0.3) is 0 Å². The van der Waals surface area contributed by atoms with E-state index in [1.807, 2.05) is 12.1 Å². The molecule has 3 rings (SSSR count). The molecule has 2 aromatic carbocycles. The molecule has 1 aliphatic heterocycles. The highest BCUT2D eigenvalue weighted by Gasteiger charge is 2.30. The summed E-state index contributed by atoms with van der Waals surface area (Å²) in [4.78, 5) is 26.7. The molecule has 0 saturated carbocycles. The lowest BCUT2D eigenvalue weighted by Gasteiger charge is -2.34. The Morgan fingerprint density at radius 3 is 2.31 bits per heavy atom. The van der Waals surface area contributed by atoms with Crippen molar-refractivity contribution in [3.63, 3.8) is 0 Å². The largest absolute Gasteiger partial charge is 0.339 e. The highest BCUT2D eigenvalue weighted by Crippen LogP contribution is 2.22. The number of hydrogen-bond acceptors (Lipinski definition) is 5. The lowest BCUT2D eigenvalue weighted by Crippen LogP contribution is -2.50. The molecule has 0 aliphatic carbocycles. The Balaban J connectivity index is 1.58. The van der Waals surface area contributed by atoms with Gasteiger partial charge in [0.1, 0.15) is 0 Å². The number of piperazine rings is 1. The van der Waals surface area contributed by atoms with Crippen LogP contribution in [-0.2, 0) is 14.8 Å². The van der Waals surface area contributed by atoms with Crippen LogP contribution in [0, 0.1) is 0 Å². The summed E-state index contributed by atoms with van der Waals surface area (Å²) in [5.74, 6) is 0.0749. The molecular formula is C20H21ClN2O4S2. The van der Waals surface area contributed by atoms with Gasteiger partial charge in [-0.15, -0.1) is 11.8 Å². The molecule has 0 bridgehead atoms. The minimum absolute atomic E-state index is 0.0272. The van der Waals surface area contributed by atoms with Gasteiger partial charge in [-0.05, 0) is 43.3 Å². The maximum Gasteiger partial charge on any atom is 0.243 e. The number of amides is 1. The number of ketones is 1. The molecule has 0 spiro atoms. The summed E-state index contributed by atoms with van der Waals surface area (Å²) < 4.78 is 27.1. The van der Waals surface area contributed by atoms with Crippen molar-refractivity contribution >= 4 is 45.1 Å². The van der Waals surface area contributed by atoms with Gasteiger partial charge in [0.2, 0.25) is 15.9 Å². The van der Waals surface area contributed by atoms with Crippen molar-refractivity contribution in [1.29, 1.82) is 0 Å². The first kappa shape index (κ1) is 21.8. The van der Waals surface area contributed by atoms with Gasteiger partial charge in [-0.25, -0.2) is 8.42 Å². The Hall–Kier alpha value is -1.87. The molecule has 0 radical (unpaired) electrons. The van der Waals surface area contributed by atoms with Gasteiger partial charge in [-0.2, -0.15) is 4.31 Å². The predicted octanol–water partition coefficient (Wildman–Crippen LogP) is 3.17. The Labute approximate surface area is 179 Å². The summed E-state index contributed by atoms with van der Waals surface area (Å²) in [5.41, 5.74) is 0.360. The third kappa shape index (κ3) is 5.39. The summed E-state index contributed by atoms with van der Waals surface area (Å²) in [6.45, 7) is 2.53. The van der Waals surface area contributed by atoms with Gasteiger partial charge in [0, 0.05) is 41.7 Å². The first-order valence-corrected chi connectivity index (χ1v) is 11.8. The lowest BCUT2D eigenvalue weighted by atomic mass is 10.2. The summed E-state index contributed by atoms with van der Waals surface area (Å²) in [5, 5.41) is 0.645. The highest BCUT2D eigenvalue weighted by molar-refractivity contribution is 8.00. The zero-order valence-electron chi connectivity index (χ0n) is 15.9. The van der Waals surface area contributed by atoms with E-state index in [1.165, 1.54) is 35.1 Å². The molecule has 1 heterocycles. The average Bonchev–Trinajstić information content (AvgIpc) is 2.73. The van der Waals surface area contributed by atoms with Crippen molar-refractivity contribution in [3.05, 3.63) is 59.1 Å². The van der Waals surface area contributed by atoms with Crippen molar-refractivity contribution in [3.8, 4) is 0 Å². The first-order valence-electron chi connectivity index (χ1n) is 9.04. The summed E-state index contributed by atoms with van der Waals surface area (Å²) >= 11 is 7.28. The van der Waals surface area contributed by atoms with E-state index in [0.29, 0.717) is 23.7 Å². The number of halogens is 1. The van der Waals surface area contributed by atoms with Gasteiger partial charge >= 0.3 is 0 Å². The van der Waals surface area contributed by atoms with E-state index < -0.39 is 10.0 Å². The highest BCUT2D eigenvalue weighted by atomic mass is 35.5. The van der Waals surface area contributed by atoms with Crippen molar-refractivity contribution in [2.24, 2.45) is 0 Å². The van der Waals surface area contributed by atoms with Crippen LogP contribution >= 0.6 is 23.4 Å². The van der Waals surface area contributed by atoms with E-state index in [1.54, 1.807) is 29.2 Å². The summed E-state index contributed by atoms with van der Waals surface area (Å²) in [6.07, 6.45) is 0. The molecule has 0 N–H and O–H groups in total. The molecule has 1 fully saturated rings. The maximum atomic E-state index is 12.9. The number of rotatable bonds is 6. The van der Waals surface area contributed by atoms with Crippen molar-refractivity contribution in [1.82, 2.24) is 9.21 Å². The number of carbonyl (C=O) groups is 2. The Morgan fingerprint density at radius 2 is 1.69 bits per heavy atom. The number of hydrogen-bond donors (Lipinski definition) is 0. The second kappa shape index (κ2) is 9.30. The SMILES string of the molecule is CC(=O)c1cccc(S(=O)(=O)N2CCN(C(=O)CSc3ccc(Cl)cc3)CC2)c1. The van der Waals surface area contributed by atoms with E-state index in [9.17, 15) is 18.0 Å². The van der Waals surface area contributed by atoms with Gasteiger partial charge in [0.25, 0.3) is 0 Å². The minimum atomic E-state index is -3.70. The van der Waals surface area contributed by atoms with E-state index in [-0.39, 0.29) is 35.4 Å². The molecule has 2 aromatic rings. The van der Waals surface area contributed by atoms with E-state index in [0.717, 1.165) is 4.90 Å². The molecule has 1 saturated heterocycles. The van der Waals surface area contributed by atoms with Gasteiger partial charge < -0.3 is 4.90 Å². The standard InChI is InChI=1S/C20H21ClN2O4S2/c1-15(24)16-3-2-4-19(13-16)29(26,27)23-11-9-22(10-12-23)20(25)14-28-18-7-5-17(21)6-8-18/h2-8,13H,9-12,14H2,1H3. The van der Waals surface area contributed by atoms with Crippen LogP contribution in [0.4, 0.5) is 0 Å². The van der Waals surface area contributed by atoms with Crippen LogP contribution in [0.5, 0.6) is 0 Å². The number of Topliss-reactive ketones (excluding diaryl/α,β-unsaturated/α-hetero) is 1. The zero-order valence-corrected chi connectivity index (χ0v) is 18.3. The number of benzene rings is 2. The van der Waals surface area contributed by atoms with Gasteiger partial charge in [-0.1, -0.05) is 23.7 Å². The molecule has 0 atom stereocenters. The van der Waals surface area contributed by atoms with Crippen LogP contribution in [-0.4, -0.2) is 61.2 Å². The molecule has 29 heavy (non-hydrogen) atoms. The molecule has 0 unspecified atom stereocenters. The lowest BCUT2D eigenvalue weighted by molar-refractivity contribution is -0.129. The van der Waals surface area contributed by atoms with Crippen LogP contribution in [0.2, 0.25) is 5.02 Å². The second-order valence-corrected chi connectivity index (χ2v) is 10.0. The Morgan fingerprint density at radius 1 is 1.03 bits per heavy atom. The molecule has 154 valence electrons. The van der Waals surface area contributed by atoms with Crippen molar-refractivity contribution in [2.45, 2.75) is 16.7 Å². The molecule has 6 nitrogen and oxygen atoms in total. The minimum Gasteiger partial charge on any atom is -0.339 e. The topological polar surface area (TPSA) is 74.8 Å². The third-order valence-corrected chi connectivity index (χ3v) is 7.79. The Bertz CT molecular complexity index is 1000. The smallest absolute Gasteiger partial charge is 0.243 e. The predicted molar refractivity (Wildman–Crippen MR) is 114 cm³/mol. The van der Waals surface area contributed by atoms with E-state index >= 15 is 0 Å². The van der Waals surface area contributed by atoms with Crippen LogP contribution in [0.3, 0.4) is 0 Å². The fourth-order valence-corrected chi connectivity index (χ4v) is 5.37. The molecular weight excluding hydrogens is 432 g/mol. The van der Waals surface area contributed by atoms with E-state index in [4.69, 9.17) is 11.6 Å². The number of carbonyl (C=O) groups excluding carboxylic acids is 2. The van der Waals surface area contributed by atoms with Crippen LogP contribution < -0.4 is 0 Å². The van der Waals surface area contributed by atoms with Crippen LogP contribution in [0.1, 0.15) is 17.3 Å². The number of thioether (sulfide) groups is 1. The summed E-state index contributed by atoms with van der Waals surface area (Å²) in [6, 6.07) is 13.3. The molecule has 9 heteroatoms. The average molecular weight is 453 g/mol. The molecule has 1 aliphatic rings. The second-order valence-electron chi connectivity index (χ2n) is 6.61. The number of nitrogens with zero attached hydrogens (tertiary/aromatic N) is 2. The first-order chi connectivity index (χ1) is 13.8. The fourth-order valence-electron chi connectivity index (χ4n) is 2.97. The van der Waals surface area contributed by atoms with Gasteiger partial charge in [0.15, 0.2) is 5.78 Å². The van der Waals surface area contributed by atoms with E-state index in [2.05, 4.69) is 0 Å². The van der Waals surface area contributed by atoms with Crippen LogP contribution in [0.15, 0.2) is 58.3 Å². The quantitative estimate of drug-likeness (QED) is 0.497. The monoisotopic (exact) mass is 452 g/mol. The Kier molecular flexibility index (Phi) is 7.00. The van der Waals surface area contributed by atoms with Gasteiger partial charge in [0.05, 0.1) is 10.6 Å². The van der Waals surface area contributed by atoms with Crippen molar-refractivity contribution in [2.75, 3.05) is 31.9 Å². The zero-order chi connectivity index (χ0) is 21.0. The van der Waals surface area contributed by atoms with Crippen molar-refractivity contribution < 1.29 is 18.0 Å². The fraction of sp³-hybridized carbons (Fsp3) is 0.300. The normalized spacial score (nSPS) is 15.3. The van der Waals surface area contributed by atoms with Gasteiger partial charge in [-0.3, -0.25) is 9.59 Å².